The van der Waals surface area contributed by atoms with Crippen LogP contribution < -0.4 is 4.74 Å². The molecular formula is C21H30N4O. The Labute approximate surface area is 156 Å². The fraction of sp³-hybridized carbons (Fsp3) is 0.571. The summed E-state index contributed by atoms with van der Waals surface area (Å²) in [5.74, 6) is 1.86. The van der Waals surface area contributed by atoms with Gasteiger partial charge in [0.25, 0.3) is 0 Å². The Morgan fingerprint density at radius 1 is 1.15 bits per heavy atom. The van der Waals surface area contributed by atoms with Crippen molar-refractivity contribution >= 4 is 0 Å². The molecular weight excluding hydrogens is 324 g/mol. The van der Waals surface area contributed by atoms with E-state index in [1.165, 1.54) is 37.2 Å². The van der Waals surface area contributed by atoms with Crippen molar-refractivity contribution < 1.29 is 4.74 Å². The number of ether oxygens (including phenoxy) is 1. The third-order valence-corrected chi connectivity index (χ3v) is 5.61. The van der Waals surface area contributed by atoms with Crippen molar-refractivity contribution in [1.82, 2.24) is 19.4 Å². The van der Waals surface area contributed by atoms with Crippen molar-refractivity contribution in [2.45, 2.75) is 39.4 Å². The second-order valence-electron chi connectivity index (χ2n) is 7.79. The van der Waals surface area contributed by atoms with Gasteiger partial charge in [0.05, 0.1) is 12.0 Å². The minimum absolute atomic E-state index is 0.774. The Kier molecular flexibility index (Phi) is 5.56. The molecule has 2 aromatic rings. The smallest absolute Gasteiger partial charge is 0.123 e. The molecule has 26 heavy (non-hydrogen) atoms. The average molecular weight is 354 g/mol. The zero-order valence-electron chi connectivity index (χ0n) is 15.8. The number of nitrogens with zero attached hydrogens (tertiary/aromatic N) is 4. The van der Waals surface area contributed by atoms with Crippen LogP contribution in [0.4, 0.5) is 0 Å². The van der Waals surface area contributed by atoms with E-state index < -0.39 is 0 Å². The lowest BCUT2D eigenvalue weighted by Crippen LogP contribution is -2.37. The van der Waals surface area contributed by atoms with Crippen LogP contribution in [0.3, 0.4) is 0 Å². The van der Waals surface area contributed by atoms with Gasteiger partial charge < -0.3 is 9.30 Å². The number of aromatic nitrogens is 2. The van der Waals surface area contributed by atoms with E-state index in [-0.39, 0.29) is 0 Å². The predicted octanol–water partition coefficient (Wildman–Crippen LogP) is 3.01. The first-order chi connectivity index (χ1) is 12.8. The molecule has 2 aliphatic heterocycles. The van der Waals surface area contributed by atoms with Gasteiger partial charge in [0, 0.05) is 51.0 Å². The Bertz CT molecular complexity index is 714. The fourth-order valence-electron chi connectivity index (χ4n) is 4.16. The van der Waals surface area contributed by atoms with Gasteiger partial charge in [-0.05, 0) is 31.4 Å². The molecule has 0 N–H and O–H groups in total. The van der Waals surface area contributed by atoms with Gasteiger partial charge in [-0.15, -0.1) is 0 Å². The standard InChI is InChI=1S/C21H30N4O/c1-18-5-4-8-23(14-18)11-12-26-21-7-3-2-6-19(21)15-24-9-10-25-17-22-13-20(25)16-24/h2-3,6-7,13,17-18H,4-5,8-12,14-16H2,1H3. The molecule has 0 spiro atoms. The third-order valence-electron chi connectivity index (χ3n) is 5.61. The molecule has 4 rings (SSSR count). The molecule has 3 heterocycles. The van der Waals surface area contributed by atoms with Crippen LogP contribution in [0.5, 0.6) is 5.75 Å². The number of hydrogen-bond acceptors (Lipinski definition) is 4. The summed E-state index contributed by atoms with van der Waals surface area (Å²) in [7, 11) is 0. The topological polar surface area (TPSA) is 33.5 Å². The van der Waals surface area contributed by atoms with Crippen molar-refractivity contribution in [3.8, 4) is 5.75 Å². The van der Waals surface area contributed by atoms with Crippen molar-refractivity contribution in [3.63, 3.8) is 0 Å². The van der Waals surface area contributed by atoms with Gasteiger partial charge in [0.15, 0.2) is 0 Å². The van der Waals surface area contributed by atoms with E-state index >= 15 is 0 Å². The molecule has 5 heteroatoms. The SMILES string of the molecule is CC1CCCN(CCOc2ccccc2CN2CCn3cncc3C2)C1. The van der Waals surface area contributed by atoms with E-state index in [1.54, 1.807) is 0 Å². The van der Waals surface area contributed by atoms with Crippen LogP contribution in [-0.4, -0.2) is 52.1 Å². The summed E-state index contributed by atoms with van der Waals surface area (Å²) in [6.07, 6.45) is 6.61. The number of likely N-dealkylation sites (tertiary alicyclic amines) is 1. The van der Waals surface area contributed by atoms with E-state index in [0.717, 1.165) is 51.0 Å². The molecule has 2 aliphatic rings. The van der Waals surface area contributed by atoms with E-state index in [1.807, 2.05) is 12.5 Å². The molecule has 1 atom stereocenters. The summed E-state index contributed by atoms with van der Waals surface area (Å²) in [5.41, 5.74) is 2.58. The predicted molar refractivity (Wildman–Crippen MR) is 103 cm³/mol. The minimum Gasteiger partial charge on any atom is -0.492 e. The van der Waals surface area contributed by atoms with Crippen molar-refractivity contribution in [3.05, 3.63) is 48.0 Å². The molecule has 1 aromatic carbocycles. The quantitative estimate of drug-likeness (QED) is 0.798. The average Bonchev–Trinajstić information content (AvgIpc) is 3.11. The Morgan fingerprint density at radius 3 is 3.00 bits per heavy atom. The Hall–Kier alpha value is -1.85. The molecule has 140 valence electrons. The molecule has 0 saturated carbocycles. The van der Waals surface area contributed by atoms with Gasteiger partial charge in [-0.2, -0.15) is 0 Å². The number of fused-ring (bicyclic) bond motifs is 1. The van der Waals surface area contributed by atoms with Gasteiger partial charge in [0.1, 0.15) is 12.4 Å². The highest BCUT2D eigenvalue weighted by Gasteiger charge is 2.18. The van der Waals surface area contributed by atoms with Crippen molar-refractivity contribution in [2.24, 2.45) is 5.92 Å². The summed E-state index contributed by atoms with van der Waals surface area (Å²) in [6.45, 7) is 10.6. The van der Waals surface area contributed by atoms with Gasteiger partial charge in [-0.1, -0.05) is 25.1 Å². The largest absolute Gasteiger partial charge is 0.492 e. The summed E-state index contributed by atoms with van der Waals surface area (Å²) >= 11 is 0. The maximum atomic E-state index is 6.19. The number of benzene rings is 1. The van der Waals surface area contributed by atoms with Crippen molar-refractivity contribution in [1.29, 1.82) is 0 Å². The molecule has 1 saturated heterocycles. The second-order valence-corrected chi connectivity index (χ2v) is 7.79. The monoisotopic (exact) mass is 354 g/mol. The third kappa shape index (κ3) is 4.27. The van der Waals surface area contributed by atoms with E-state index in [4.69, 9.17) is 4.74 Å². The zero-order valence-corrected chi connectivity index (χ0v) is 15.8. The lowest BCUT2D eigenvalue weighted by atomic mass is 10.0. The highest BCUT2D eigenvalue weighted by Crippen LogP contribution is 2.22. The van der Waals surface area contributed by atoms with E-state index in [2.05, 4.69) is 50.5 Å². The summed E-state index contributed by atoms with van der Waals surface area (Å²) in [6, 6.07) is 8.50. The molecule has 1 unspecified atom stereocenters. The molecule has 5 nitrogen and oxygen atoms in total. The van der Waals surface area contributed by atoms with Crippen LogP contribution in [0.1, 0.15) is 31.0 Å². The number of imidazole rings is 1. The Balaban J connectivity index is 1.32. The summed E-state index contributed by atoms with van der Waals surface area (Å²) < 4.78 is 8.43. The van der Waals surface area contributed by atoms with Gasteiger partial charge >= 0.3 is 0 Å². The van der Waals surface area contributed by atoms with E-state index in [0.29, 0.717) is 0 Å². The highest BCUT2D eigenvalue weighted by molar-refractivity contribution is 5.33. The molecule has 0 radical (unpaired) electrons. The van der Waals surface area contributed by atoms with Gasteiger partial charge in [-0.25, -0.2) is 4.98 Å². The maximum absolute atomic E-state index is 6.19. The number of piperidine rings is 1. The van der Waals surface area contributed by atoms with E-state index in [9.17, 15) is 0 Å². The summed E-state index contributed by atoms with van der Waals surface area (Å²) in [5, 5.41) is 0. The highest BCUT2D eigenvalue weighted by atomic mass is 16.5. The van der Waals surface area contributed by atoms with Crippen molar-refractivity contribution in [2.75, 3.05) is 32.8 Å². The molecule has 0 aliphatic carbocycles. The molecule has 1 fully saturated rings. The zero-order chi connectivity index (χ0) is 17.8. The van der Waals surface area contributed by atoms with Crippen LogP contribution in [-0.2, 0) is 19.6 Å². The van der Waals surface area contributed by atoms with Crippen LogP contribution >= 0.6 is 0 Å². The van der Waals surface area contributed by atoms with Crippen LogP contribution in [0.15, 0.2) is 36.8 Å². The normalized spacial score (nSPS) is 21.5. The first kappa shape index (κ1) is 17.6. The number of rotatable bonds is 6. The minimum atomic E-state index is 0.774. The first-order valence-corrected chi connectivity index (χ1v) is 9.92. The first-order valence-electron chi connectivity index (χ1n) is 9.92. The fourth-order valence-corrected chi connectivity index (χ4v) is 4.16. The number of para-hydroxylation sites is 1. The van der Waals surface area contributed by atoms with Gasteiger partial charge in [-0.3, -0.25) is 9.80 Å². The number of hydrogen-bond donors (Lipinski definition) is 0. The molecule has 0 bridgehead atoms. The Morgan fingerprint density at radius 2 is 2.08 bits per heavy atom. The van der Waals surface area contributed by atoms with Crippen LogP contribution in [0, 0.1) is 5.92 Å². The van der Waals surface area contributed by atoms with Gasteiger partial charge in [0.2, 0.25) is 0 Å². The van der Waals surface area contributed by atoms with Crippen LogP contribution in [0.25, 0.3) is 0 Å². The lowest BCUT2D eigenvalue weighted by molar-refractivity contribution is 0.152. The maximum Gasteiger partial charge on any atom is 0.123 e. The second kappa shape index (κ2) is 8.23. The van der Waals surface area contributed by atoms with Crippen LogP contribution in [0.2, 0.25) is 0 Å². The lowest BCUT2D eigenvalue weighted by Gasteiger charge is -2.31. The molecule has 1 aromatic heterocycles. The molecule has 0 amide bonds. The summed E-state index contributed by atoms with van der Waals surface area (Å²) in [4.78, 5) is 9.28.